The van der Waals surface area contributed by atoms with Crippen molar-refractivity contribution < 1.29 is 4.79 Å². The first-order valence-corrected chi connectivity index (χ1v) is 10.4. The van der Waals surface area contributed by atoms with Crippen molar-refractivity contribution in [2.45, 2.75) is 39.2 Å². The van der Waals surface area contributed by atoms with Gasteiger partial charge < -0.3 is 5.32 Å². The Balaban J connectivity index is 1.42. The van der Waals surface area contributed by atoms with Gasteiger partial charge in [0.25, 0.3) is 5.56 Å². The van der Waals surface area contributed by atoms with E-state index in [4.69, 9.17) is 0 Å². The van der Waals surface area contributed by atoms with Gasteiger partial charge in [-0.05, 0) is 30.5 Å². The monoisotopic (exact) mass is 410 g/mol. The van der Waals surface area contributed by atoms with E-state index in [2.05, 4.69) is 39.4 Å². The molecule has 0 unspecified atom stereocenters. The minimum Gasteiger partial charge on any atom is -0.302 e. The van der Waals surface area contributed by atoms with Crippen LogP contribution in [-0.2, 0) is 24.8 Å². The van der Waals surface area contributed by atoms with Gasteiger partial charge in [0.1, 0.15) is 5.39 Å². The lowest BCUT2D eigenvalue weighted by Crippen LogP contribution is -2.23. The van der Waals surface area contributed by atoms with Crippen LogP contribution in [0.25, 0.3) is 21.3 Å². The highest BCUT2D eigenvalue weighted by Crippen LogP contribution is 2.27. The van der Waals surface area contributed by atoms with Gasteiger partial charge in [-0.2, -0.15) is 5.10 Å². The van der Waals surface area contributed by atoms with Gasteiger partial charge in [-0.25, -0.2) is 9.97 Å². The summed E-state index contributed by atoms with van der Waals surface area (Å²) in [4.78, 5) is 33.5. The van der Waals surface area contributed by atoms with Crippen molar-refractivity contribution in [2.75, 3.05) is 5.32 Å². The quantitative estimate of drug-likeness (QED) is 0.505. The number of fused-ring (bicyclic) bond motifs is 2. The molecule has 8 nitrogen and oxygen atoms in total. The van der Waals surface area contributed by atoms with Crippen LogP contribution in [0.4, 0.5) is 5.13 Å². The zero-order valence-corrected chi connectivity index (χ0v) is 17.2. The molecule has 1 amide bonds. The summed E-state index contributed by atoms with van der Waals surface area (Å²) in [6, 6.07) is 6.24. The normalized spacial score (nSPS) is 11.4. The van der Waals surface area contributed by atoms with Gasteiger partial charge in [-0.3, -0.25) is 18.8 Å². The first-order valence-electron chi connectivity index (χ1n) is 9.61. The van der Waals surface area contributed by atoms with Crippen LogP contribution < -0.4 is 10.9 Å². The maximum Gasteiger partial charge on any atom is 0.264 e. The number of aryl methyl sites for hydroxylation is 3. The minimum absolute atomic E-state index is 0.158. The van der Waals surface area contributed by atoms with Crippen LogP contribution in [-0.4, -0.2) is 30.2 Å². The molecule has 1 aromatic carbocycles. The second-order valence-electron chi connectivity index (χ2n) is 6.97. The number of anilines is 1. The lowest BCUT2D eigenvalue weighted by Gasteiger charge is -2.05. The Hall–Kier alpha value is -3.07. The third kappa shape index (κ3) is 4.04. The molecule has 1 N–H and O–H groups in total. The molecule has 0 saturated heterocycles. The zero-order valence-electron chi connectivity index (χ0n) is 16.4. The molecule has 0 atom stereocenters. The highest BCUT2D eigenvalue weighted by Gasteiger charge is 2.11. The standard InChI is InChI=1S/C20H22N6O2S/c1-3-4-5-13-6-7-15-16(10-13)29-20(23-15)24-17(27)8-9-26-12-21-18-14(19(26)28)11-22-25(18)2/h6-7,10-12H,3-5,8-9H2,1-2H3,(H,23,24,27). The number of nitrogens with zero attached hydrogens (tertiary/aromatic N) is 5. The molecule has 3 heterocycles. The summed E-state index contributed by atoms with van der Waals surface area (Å²) in [5.41, 5.74) is 2.51. The molecular weight excluding hydrogens is 388 g/mol. The summed E-state index contributed by atoms with van der Waals surface area (Å²) in [6.07, 6.45) is 6.48. The smallest absolute Gasteiger partial charge is 0.264 e. The van der Waals surface area contributed by atoms with Crippen molar-refractivity contribution in [1.82, 2.24) is 24.3 Å². The lowest BCUT2D eigenvalue weighted by atomic mass is 10.1. The zero-order chi connectivity index (χ0) is 20.4. The molecule has 0 spiro atoms. The number of hydrogen-bond donors (Lipinski definition) is 1. The fourth-order valence-electron chi connectivity index (χ4n) is 3.19. The summed E-state index contributed by atoms with van der Waals surface area (Å²) >= 11 is 1.47. The molecule has 9 heteroatoms. The Morgan fingerprint density at radius 1 is 1.31 bits per heavy atom. The molecule has 29 heavy (non-hydrogen) atoms. The molecule has 0 aliphatic heterocycles. The number of carbonyl (C=O) groups excluding carboxylic acids is 1. The van der Waals surface area contributed by atoms with Crippen molar-refractivity contribution in [3.05, 3.63) is 46.6 Å². The SMILES string of the molecule is CCCCc1ccc2nc(NC(=O)CCn3cnc4c(cnn4C)c3=O)sc2c1. The first kappa shape index (κ1) is 19.3. The third-order valence-corrected chi connectivity index (χ3v) is 5.75. The second-order valence-corrected chi connectivity index (χ2v) is 8.00. The van der Waals surface area contributed by atoms with Gasteiger partial charge in [0.05, 0.1) is 22.7 Å². The molecular formula is C20H22N6O2S. The minimum atomic E-state index is -0.199. The van der Waals surface area contributed by atoms with Gasteiger partial charge in [0.15, 0.2) is 10.8 Å². The van der Waals surface area contributed by atoms with E-state index in [0.29, 0.717) is 16.2 Å². The van der Waals surface area contributed by atoms with Crippen LogP contribution in [0.5, 0.6) is 0 Å². The van der Waals surface area contributed by atoms with Crippen LogP contribution >= 0.6 is 11.3 Å². The lowest BCUT2D eigenvalue weighted by molar-refractivity contribution is -0.116. The van der Waals surface area contributed by atoms with Crippen molar-refractivity contribution in [1.29, 1.82) is 0 Å². The highest BCUT2D eigenvalue weighted by molar-refractivity contribution is 7.22. The number of carbonyl (C=O) groups is 1. The van der Waals surface area contributed by atoms with Crippen molar-refractivity contribution in [2.24, 2.45) is 7.05 Å². The number of hydrogen-bond acceptors (Lipinski definition) is 6. The summed E-state index contributed by atoms with van der Waals surface area (Å²) in [5, 5.41) is 7.91. The maximum absolute atomic E-state index is 12.5. The van der Waals surface area contributed by atoms with E-state index in [1.165, 1.54) is 34.0 Å². The first-order chi connectivity index (χ1) is 14.0. The fraction of sp³-hybridized carbons (Fsp3) is 0.350. The number of thiazole rings is 1. The van der Waals surface area contributed by atoms with E-state index in [9.17, 15) is 9.59 Å². The van der Waals surface area contributed by atoms with Gasteiger partial charge in [-0.1, -0.05) is 30.7 Å². The van der Waals surface area contributed by atoms with Crippen LogP contribution in [0.15, 0.2) is 35.5 Å². The Kier molecular flexibility index (Phi) is 5.39. The van der Waals surface area contributed by atoms with E-state index in [-0.39, 0.29) is 24.4 Å². The number of benzene rings is 1. The Bertz CT molecular complexity index is 1240. The fourth-order valence-corrected chi connectivity index (χ4v) is 4.13. The average Bonchev–Trinajstić information content (AvgIpc) is 3.28. The van der Waals surface area contributed by atoms with Gasteiger partial charge >= 0.3 is 0 Å². The van der Waals surface area contributed by atoms with Crippen molar-refractivity contribution in [3.63, 3.8) is 0 Å². The number of unbranched alkanes of at least 4 members (excludes halogenated alkanes) is 1. The molecule has 3 aromatic heterocycles. The molecule has 0 fully saturated rings. The van der Waals surface area contributed by atoms with E-state index in [0.717, 1.165) is 29.5 Å². The molecule has 150 valence electrons. The van der Waals surface area contributed by atoms with Crippen LogP contribution in [0, 0.1) is 0 Å². The molecule has 0 bridgehead atoms. The molecule has 0 aliphatic carbocycles. The predicted octanol–water partition coefficient (Wildman–Crippen LogP) is 3.11. The van der Waals surface area contributed by atoms with Crippen molar-refractivity contribution in [3.8, 4) is 0 Å². The Labute approximate surface area is 171 Å². The van der Waals surface area contributed by atoms with Crippen LogP contribution in [0.3, 0.4) is 0 Å². The maximum atomic E-state index is 12.5. The van der Waals surface area contributed by atoms with Crippen LogP contribution in [0.1, 0.15) is 31.7 Å². The van der Waals surface area contributed by atoms with E-state index in [1.54, 1.807) is 11.7 Å². The number of aromatic nitrogens is 5. The molecule has 0 radical (unpaired) electrons. The number of nitrogens with one attached hydrogen (secondary N) is 1. The van der Waals surface area contributed by atoms with Gasteiger partial charge in [0.2, 0.25) is 5.91 Å². The Morgan fingerprint density at radius 3 is 3.00 bits per heavy atom. The molecule has 0 aliphatic rings. The van der Waals surface area contributed by atoms with E-state index < -0.39 is 0 Å². The topological polar surface area (TPSA) is 94.7 Å². The van der Waals surface area contributed by atoms with Crippen LogP contribution in [0.2, 0.25) is 0 Å². The summed E-state index contributed by atoms with van der Waals surface area (Å²) in [6.45, 7) is 2.42. The molecule has 4 aromatic rings. The summed E-state index contributed by atoms with van der Waals surface area (Å²) in [7, 11) is 1.73. The summed E-state index contributed by atoms with van der Waals surface area (Å²) < 4.78 is 4.05. The third-order valence-electron chi connectivity index (χ3n) is 4.82. The summed E-state index contributed by atoms with van der Waals surface area (Å²) in [5.74, 6) is -0.187. The number of amides is 1. The van der Waals surface area contributed by atoms with Gasteiger partial charge in [0, 0.05) is 20.0 Å². The van der Waals surface area contributed by atoms with E-state index in [1.807, 2.05) is 6.07 Å². The Morgan fingerprint density at radius 2 is 2.17 bits per heavy atom. The molecule has 0 saturated carbocycles. The largest absolute Gasteiger partial charge is 0.302 e. The van der Waals surface area contributed by atoms with Gasteiger partial charge in [-0.15, -0.1) is 0 Å². The van der Waals surface area contributed by atoms with Crippen molar-refractivity contribution >= 4 is 43.6 Å². The average molecular weight is 411 g/mol. The highest BCUT2D eigenvalue weighted by atomic mass is 32.1. The number of rotatable bonds is 7. The predicted molar refractivity (Wildman–Crippen MR) is 114 cm³/mol. The molecule has 4 rings (SSSR count). The second kappa shape index (κ2) is 8.12. The van der Waals surface area contributed by atoms with E-state index >= 15 is 0 Å².